The maximum absolute atomic E-state index is 15.6. The van der Waals surface area contributed by atoms with E-state index in [1.807, 2.05) is 20.8 Å². The molecule has 1 saturated carbocycles. The van der Waals surface area contributed by atoms with Crippen LogP contribution in [0.15, 0.2) is 18.3 Å². The van der Waals surface area contributed by atoms with E-state index < -0.39 is 25.8 Å². The van der Waals surface area contributed by atoms with Gasteiger partial charge >= 0.3 is 0 Å². The van der Waals surface area contributed by atoms with Crippen LogP contribution in [0.5, 0.6) is 0 Å². The molecule has 1 aliphatic carbocycles. The second-order valence-electron chi connectivity index (χ2n) is 13.5. The zero-order chi connectivity index (χ0) is 32.2. The Morgan fingerprint density at radius 1 is 1.16 bits per heavy atom. The van der Waals surface area contributed by atoms with Crippen LogP contribution in [0, 0.1) is 31.6 Å². The smallest absolute Gasteiger partial charge is 0.267 e. The minimum atomic E-state index is -1.21. The number of hydrogen-bond acceptors (Lipinski definition) is 6. The van der Waals surface area contributed by atoms with E-state index in [0.29, 0.717) is 48.2 Å². The van der Waals surface area contributed by atoms with Crippen LogP contribution in [-0.2, 0) is 22.8 Å². The normalized spacial score (nSPS) is 17.9. The molecule has 10 nitrogen and oxygen atoms in total. The van der Waals surface area contributed by atoms with Gasteiger partial charge < -0.3 is 15.8 Å². The summed E-state index contributed by atoms with van der Waals surface area (Å²) >= 11 is 0. The van der Waals surface area contributed by atoms with E-state index >= 15 is 4.39 Å². The largest absolute Gasteiger partial charge is 0.364 e. The summed E-state index contributed by atoms with van der Waals surface area (Å²) in [5.74, 6) is -1.66. The lowest BCUT2D eigenvalue weighted by Gasteiger charge is -2.32. The van der Waals surface area contributed by atoms with Crippen molar-refractivity contribution >= 4 is 25.7 Å². The lowest BCUT2D eigenvalue weighted by atomic mass is 9.73. The van der Waals surface area contributed by atoms with E-state index in [1.165, 1.54) is 0 Å². The maximum atomic E-state index is 15.6. The molecule has 44 heavy (non-hydrogen) atoms. The third kappa shape index (κ3) is 7.82. The molecule has 3 aromatic rings. The molecular weight excluding hydrogens is 577 g/mol. The SMILES string of the molecule is CCCn1ncc([C@@H](C(=O)Nc2ccc(-c3c(C)nn(COCC[Si](C)(C)C)c3C)c(F)n2)C2CCC(C)CC2)c1C(N)=O. The Bertz CT molecular complexity index is 1470. The molecule has 0 aliphatic heterocycles. The van der Waals surface area contributed by atoms with Gasteiger partial charge in [0.25, 0.3) is 5.91 Å². The van der Waals surface area contributed by atoms with Crippen LogP contribution in [0.4, 0.5) is 10.2 Å². The summed E-state index contributed by atoms with van der Waals surface area (Å²) in [6, 6.07) is 4.28. The van der Waals surface area contributed by atoms with Crippen LogP contribution in [-0.4, -0.2) is 51.0 Å². The van der Waals surface area contributed by atoms with Gasteiger partial charge in [0.1, 0.15) is 18.2 Å². The summed E-state index contributed by atoms with van der Waals surface area (Å²) < 4.78 is 24.8. The van der Waals surface area contributed by atoms with Crippen LogP contribution in [0.1, 0.15) is 79.3 Å². The van der Waals surface area contributed by atoms with Gasteiger partial charge in [-0.15, -0.1) is 0 Å². The number of nitrogens with two attached hydrogens (primary N) is 1. The van der Waals surface area contributed by atoms with Gasteiger partial charge in [-0.05, 0) is 63.1 Å². The molecule has 0 bridgehead atoms. The Morgan fingerprint density at radius 3 is 2.48 bits per heavy atom. The van der Waals surface area contributed by atoms with Crippen LogP contribution >= 0.6 is 0 Å². The Hall–Kier alpha value is -3.38. The molecule has 0 radical (unpaired) electrons. The van der Waals surface area contributed by atoms with Crippen molar-refractivity contribution in [2.24, 2.45) is 17.6 Å². The van der Waals surface area contributed by atoms with Crippen LogP contribution in [0.2, 0.25) is 25.7 Å². The Balaban J connectivity index is 1.57. The van der Waals surface area contributed by atoms with Crippen molar-refractivity contribution in [1.82, 2.24) is 24.5 Å². The van der Waals surface area contributed by atoms with Gasteiger partial charge in [0.05, 0.1) is 17.8 Å². The van der Waals surface area contributed by atoms with Gasteiger partial charge in [0, 0.05) is 43.6 Å². The maximum Gasteiger partial charge on any atom is 0.267 e. The van der Waals surface area contributed by atoms with Crippen molar-refractivity contribution in [3.05, 3.63) is 46.9 Å². The van der Waals surface area contributed by atoms with E-state index in [0.717, 1.165) is 43.8 Å². The second kappa shape index (κ2) is 14.1. The fourth-order valence-corrected chi connectivity index (χ4v) is 6.90. The highest BCUT2D eigenvalue weighted by molar-refractivity contribution is 6.76. The number of aromatic nitrogens is 5. The average Bonchev–Trinajstić information content (AvgIpc) is 3.47. The van der Waals surface area contributed by atoms with E-state index in [1.54, 1.807) is 27.7 Å². The number of nitrogens with zero attached hydrogens (tertiary/aromatic N) is 5. The highest BCUT2D eigenvalue weighted by atomic mass is 28.3. The molecule has 0 aromatic carbocycles. The Labute approximate surface area is 261 Å². The standard InChI is InChI=1S/C32H48FN7O3Si/c1-8-15-39-29(31(34)41)25(18-35-39)28(23-11-9-20(2)10-12-23)32(42)37-26-14-13-24(30(33)36-26)27-21(3)38-40(22(27)4)19-43-16-17-44(5,6)7/h13-14,18,20,23,28H,8-12,15-17,19H2,1-7H3,(H2,34,41)(H,36,37,42)/t20?,23?,28-/m0/s1. The highest BCUT2D eigenvalue weighted by Crippen LogP contribution is 2.40. The van der Waals surface area contributed by atoms with E-state index in [-0.39, 0.29) is 23.3 Å². The molecule has 0 unspecified atom stereocenters. The number of nitrogens with one attached hydrogen (secondary N) is 1. The zero-order valence-electron chi connectivity index (χ0n) is 27.2. The average molecular weight is 626 g/mol. The van der Waals surface area contributed by atoms with Gasteiger partial charge in [-0.2, -0.15) is 14.6 Å². The number of pyridine rings is 1. The van der Waals surface area contributed by atoms with Crippen molar-refractivity contribution < 1.29 is 18.7 Å². The molecule has 0 spiro atoms. The minimum Gasteiger partial charge on any atom is -0.364 e. The molecule has 3 N–H and O–H groups in total. The fourth-order valence-electron chi connectivity index (χ4n) is 6.14. The summed E-state index contributed by atoms with van der Waals surface area (Å²) in [6.07, 6.45) is 6.00. The number of carbonyl (C=O) groups excluding carboxylic acids is 2. The molecular formula is C32H48FN7O3Si. The van der Waals surface area contributed by atoms with Gasteiger partial charge in [-0.3, -0.25) is 14.3 Å². The Kier molecular flexibility index (Phi) is 10.8. The lowest BCUT2D eigenvalue weighted by molar-refractivity contribution is -0.119. The molecule has 2 amide bonds. The molecule has 0 saturated heterocycles. The minimum absolute atomic E-state index is 0.00297. The predicted molar refractivity (Wildman–Crippen MR) is 173 cm³/mol. The lowest BCUT2D eigenvalue weighted by Crippen LogP contribution is -2.32. The van der Waals surface area contributed by atoms with Crippen molar-refractivity contribution in [3.63, 3.8) is 0 Å². The first-order chi connectivity index (χ1) is 20.8. The summed E-state index contributed by atoms with van der Waals surface area (Å²) in [7, 11) is -1.21. The Morgan fingerprint density at radius 2 is 1.86 bits per heavy atom. The number of halogens is 1. The van der Waals surface area contributed by atoms with Gasteiger partial charge in [-0.25, -0.2) is 9.67 Å². The van der Waals surface area contributed by atoms with Crippen LogP contribution in [0.25, 0.3) is 11.1 Å². The number of hydrogen-bond donors (Lipinski definition) is 2. The first-order valence-corrected chi connectivity index (χ1v) is 19.5. The van der Waals surface area contributed by atoms with Gasteiger partial charge in [0.2, 0.25) is 11.9 Å². The molecule has 1 fully saturated rings. The molecule has 1 atom stereocenters. The number of carbonyl (C=O) groups is 2. The van der Waals surface area contributed by atoms with E-state index in [9.17, 15) is 9.59 Å². The first-order valence-electron chi connectivity index (χ1n) is 15.8. The van der Waals surface area contributed by atoms with Gasteiger partial charge in [-0.1, -0.05) is 46.3 Å². The van der Waals surface area contributed by atoms with Crippen molar-refractivity contribution in [2.45, 2.75) is 105 Å². The predicted octanol–water partition coefficient (Wildman–Crippen LogP) is 6.27. The monoisotopic (exact) mass is 625 g/mol. The van der Waals surface area contributed by atoms with Crippen molar-refractivity contribution in [3.8, 4) is 11.1 Å². The number of amides is 2. The zero-order valence-corrected chi connectivity index (χ0v) is 28.2. The molecule has 1 aliphatic rings. The van der Waals surface area contributed by atoms with E-state index in [2.05, 4.69) is 47.1 Å². The van der Waals surface area contributed by atoms with E-state index in [4.69, 9.17) is 10.5 Å². The topological polar surface area (TPSA) is 130 Å². The number of ether oxygens (including phenoxy) is 1. The fraction of sp³-hybridized carbons (Fsp3) is 0.594. The van der Waals surface area contributed by atoms with Gasteiger partial charge in [0.15, 0.2) is 0 Å². The summed E-state index contributed by atoms with van der Waals surface area (Å²) in [4.78, 5) is 30.6. The number of aryl methyl sites for hydroxylation is 2. The second-order valence-corrected chi connectivity index (χ2v) is 19.1. The molecule has 4 rings (SSSR count). The molecule has 3 aromatic heterocycles. The van der Waals surface area contributed by atoms with Crippen LogP contribution in [0.3, 0.4) is 0 Å². The summed E-state index contributed by atoms with van der Waals surface area (Å²) in [6.45, 7) is 16.3. The third-order valence-corrected chi connectivity index (χ3v) is 10.4. The quantitative estimate of drug-likeness (QED) is 0.131. The number of rotatable bonds is 13. The first kappa shape index (κ1) is 33.5. The summed E-state index contributed by atoms with van der Waals surface area (Å²) in [5.41, 5.74) is 8.99. The molecule has 12 heteroatoms. The number of anilines is 1. The van der Waals surface area contributed by atoms with Crippen molar-refractivity contribution in [1.29, 1.82) is 0 Å². The van der Waals surface area contributed by atoms with Crippen molar-refractivity contribution in [2.75, 3.05) is 11.9 Å². The highest BCUT2D eigenvalue weighted by Gasteiger charge is 2.37. The number of primary amides is 1. The molecule has 3 heterocycles. The summed E-state index contributed by atoms with van der Waals surface area (Å²) in [5, 5.41) is 11.8. The van der Waals surface area contributed by atoms with Crippen LogP contribution < -0.4 is 11.1 Å². The molecule has 240 valence electrons. The third-order valence-electron chi connectivity index (χ3n) is 8.65.